The fourth-order valence-electron chi connectivity index (χ4n) is 3.91. The van der Waals surface area contributed by atoms with Crippen LogP contribution in [0.4, 0.5) is 0 Å². The first-order valence-electron chi connectivity index (χ1n) is 9.47. The lowest BCUT2D eigenvalue weighted by Gasteiger charge is -2.27. The summed E-state index contributed by atoms with van der Waals surface area (Å²) in [5.74, 6) is 0.204. The van der Waals surface area contributed by atoms with E-state index in [4.69, 9.17) is 11.6 Å². The fraction of sp³-hybridized carbons (Fsp3) is 0.600. The van der Waals surface area contributed by atoms with Gasteiger partial charge in [0, 0.05) is 24.0 Å². The Morgan fingerprint density at radius 1 is 1.12 bits per heavy atom. The fourth-order valence-corrected chi connectivity index (χ4v) is 4.12. The van der Waals surface area contributed by atoms with Crippen molar-refractivity contribution in [2.45, 2.75) is 64.0 Å². The quantitative estimate of drug-likeness (QED) is 0.882. The molecule has 1 heterocycles. The molecule has 0 spiro atoms. The topological polar surface area (TPSA) is 49.4 Å². The lowest BCUT2D eigenvalue weighted by molar-refractivity contribution is -0.137. The molecule has 1 aliphatic carbocycles. The lowest BCUT2D eigenvalue weighted by Crippen LogP contribution is -2.49. The van der Waals surface area contributed by atoms with Crippen LogP contribution >= 0.6 is 11.6 Å². The minimum atomic E-state index is -0.379. The number of likely N-dealkylation sites (tertiary alicyclic amines) is 1. The Labute approximate surface area is 154 Å². The van der Waals surface area contributed by atoms with Crippen LogP contribution in [0.2, 0.25) is 5.02 Å². The molecule has 5 heteroatoms. The minimum Gasteiger partial charge on any atom is -0.344 e. The van der Waals surface area contributed by atoms with Crippen LogP contribution < -0.4 is 5.32 Å². The number of hydrogen-bond donors (Lipinski definition) is 1. The van der Waals surface area contributed by atoms with E-state index in [-0.39, 0.29) is 23.8 Å². The average molecular weight is 363 g/mol. The first-order chi connectivity index (χ1) is 12.1. The van der Waals surface area contributed by atoms with Crippen LogP contribution in [0.25, 0.3) is 0 Å². The van der Waals surface area contributed by atoms with Crippen molar-refractivity contribution < 1.29 is 9.59 Å². The molecule has 4 nitrogen and oxygen atoms in total. The zero-order valence-corrected chi connectivity index (χ0v) is 15.4. The molecule has 1 aliphatic heterocycles. The van der Waals surface area contributed by atoms with Crippen LogP contribution in [0.5, 0.6) is 0 Å². The lowest BCUT2D eigenvalue weighted by atomic mass is 9.88. The van der Waals surface area contributed by atoms with Gasteiger partial charge in [-0.05, 0) is 49.8 Å². The number of nitrogens with zero attached hydrogens (tertiary/aromatic N) is 1. The van der Waals surface area contributed by atoms with Gasteiger partial charge in [0.25, 0.3) is 0 Å². The van der Waals surface area contributed by atoms with E-state index in [1.54, 1.807) is 0 Å². The largest absolute Gasteiger partial charge is 0.344 e. The maximum atomic E-state index is 12.9. The molecule has 1 N–H and O–H groups in total. The van der Waals surface area contributed by atoms with Crippen LogP contribution in [0.1, 0.15) is 56.9 Å². The average Bonchev–Trinajstić information content (AvgIpc) is 2.78. The molecule has 0 aromatic heterocycles. The number of amides is 2. The molecule has 0 bridgehead atoms. The Morgan fingerprint density at radius 3 is 2.64 bits per heavy atom. The number of carbonyl (C=O) groups is 2. The summed E-state index contributed by atoms with van der Waals surface area (Å²) < 4.78 is 0. The first kappa shape index (κ1) is 18.2. The van der Waals surface area contributed by atoms with Crippen molar-refractivity contribution >= 4 is 23.4 Å². The van der Waals surface area contributed by atoms with E-state index in [1.165, 1.54) is 6.42 Å². The highest BCUT2D eigenvalue weighted by atomic mass is 35.5. The molecule has 2 amide bonds. The van der Waals surface area contributed by atoms with Gasteiger partial charge < -0.3 is 10.2 Å². The van der Waals surface area contributed by atoms with E-state index >= 15 is 0 Å². The van der Waals surface area contributed by atoms with Gasteiger partial charge in [-0.3, -0.25) is 9.59 Å². The molecular weight excluding hydrogens is 336 g/mol. The summed E-state index contributed by atoms with van der Waals surface area (Å²) in [5, 5.41) is 3.73. The van der Waals surface area contributed by atoms with Crippen molar-refractivity contribution in [3.8, 4) is 0 Å². The Morgan fingerprint density at radius 2 is 1.88 bits per heavy atom. The summed E-state index contributed by atoms with van der Waals surface area (Å²) in [6.45, 7) is 1.29. The first-order valence-corrected chi connectivity index (χ1v) is 9.85. The van der Waals surface area contributed by atoms with Gasteiger partial charge in [0.1, 0.15) is 6.04 Å². The summed E-state index contributed by atoms with van der Waals surface area (Å²) in [4.78, 5) is 27.3. The zero-order valence-electron chi connectivity index (χ0n) is 14.7. The number of halogens is 1. The molecule has 1 saturated heterocycles. The highest BCUT2D eigenvalue weighted by Crippen LogP contribution is 2.24. The summed E-state index contributed by atoms with van der Waals surface area (Å²) in [5.41, 5.74) is 1.03. The maximum absolute atomic E-state index is 12.9. The standard InChI is InChI=1S/C20H27ClN2O2/c21-17-10-6-7-15(13-17)14-23-12-5-4-11-18(20(23)25)22-19(24)16-8-2-1-3-9-16/h6-7,10,13,16,18H,1-5,8-9,11-12,14H2,(H,22,24). The number of benzene rings is 1. The third-order valence-corrected chi connectivity index (χ3v) is 5.57. The van der Waals surface area contributed by atoms with E-state index in [0.717, 1.165) is 57.1 Å². The molecule has 1 saturated carbocycles. The van der Waals surface area contributed by atoms with Crippen molar-refractivity contribution in [2.24, 2.45) is 5.92 Å². The van der Waals surface area contributed by atoms with Gasteiger partial charge in [-0.15, -0.1) is 0 Å². The van der Waals surface area contributed by atoms with Gasteiger partial charge >= 0.3 is 0 Å². The van der Waals surface area contributed by atoms with E-state index in [0.29, 0.717) is 11.6 Å². The molecule has 1 atom stereocenters. The van der Waals surface area contributed by atoms with Crippen LogP contribution in [0.15, 0.2) is 24.3 Å². The van der Waals surface area contributed by atoms with Crippen molar-refractivity contribution in [3.05, 3.63) is 34.9 Å². The summed E-state index contributed by atoms with van der Waals surface area (Å²) >= 11 is 6.05. The Balaban J connectivity index is 1.63. The van der Waals surface area contributed by atoms with Gasteiger partial charge in [-0.2, -0.15) is 0 Å². The minimum absolute atomic E-state index is 0.0432. The highest BCUT2D eigenvalue weighted by Gasteiger charge is 2.30. The molecule has 2 aliphatic rings. The van der Waals surface area contributed by atoms with E-state index in [9.17, 15) is 9.59 Å². The number of hydrogen-bond acceptors (Lipinski definition) is 2. The Kier molecular flexibility index (Phi) is 6.35. The zero-order chi connectivity index (χ0) is 17.6. The molecule has 25 heavy (non-hydrogen) atoms. The predicted octanol–water partition coefficient (Wildman–Crippen LogP) is 3.92. The molecule has 2 fully saturated rings. The van der Waals surface area contributed by atoms with Crippen molar-refractivity contribution in [2.75, 3.05) is 6.54 Å². The molecular formula is C20H27ClN2O2. The second-order valence-corrected chi connectivity index (χ2v) is 7.72. The van der Waals surface area contributed by atoms with E-state index in [1.807, 2.05) is 29.2 Å². The number of rotatable bonds is 4. The van der Waals surface area contributed by atoms with Crippen LogP contribution in [-0.2, 0) is 16.1 Å². The van der Waals surface area contributed by atoms with Gasteiger partial charge in [-0.25, -0.2) is 0 Å². The molecule has 1 unspecified atom stereocenters. The predicted molar refractivity (Wildman–Crippen MR) is 99.2 cm³/mol. The smallest absolute Gasteiger partial charge is 0.245 e. The maximum Gasteiger partial charge on any atom is 0.245 e. The second-order valence-electron chi connectivity index (χ2n) is 7.28. The molecule has 3 rings (SSSR count). The second kappa shape index (κ2) is 8.70. The Hall–Kier alpha value is -1.55. The molecule has 136 valence electrons. The number of nitrogens with one attached hydrogen (secondary N) is 1. The molecule has 1 aromatic rings. The summed E-state index contributed by atoms with van der Waals surface area (Å²) in [7, 11) is 0. The third kappa shape index (κ3) is 4.97. The van der Waals surface area contributed by atoms with Gasteiger partial charge in [0.2, 0.25) is 11.8 Å². The van der Waals surface area contributed by atoms with Crippen LogP contribution in [-0.4, -0.2) is 29.3 Å². The van der Waals surface area contributed by atoms with E-state index < -0.39 is 0 Å². The summed E-state index contributed by atoms with van der Waals surface area (Å²) in [6.07, 6.45) is 8.06. The molecule has 1 aromatic carbocycles. The van der Waals surface area contributed by atoms with Crippen molar-refractivity contribution in [3.63, 3.8) is 0 Å². The Bertz CT molecular complexity index is 613. The van der Waals surface area contributed by atoms with Gasteiger partial charge in [-0.1, -0.05) is 43.0 Å². The van der Waals surface area contributed by atoms with E-state index in [2.05, 4.69) is 5.32 Å². The van der Waals surface area contributed by atoms with Crippen molar-refractivity contribution in [1.82, 2.24) is 10.2 Å². The van der Waals surface area contributed by atoms with Crippen molar-refractivity contribution in [1.29, 1.82) is 0 Å². The normalized spacial score (nSPS) is 22.5. The third-order valence-electron chi connectivity index (χ3n) is 5.34. The van der Waals surface area contributed by atoms with Crippen LogP contribution in [0.3, 0.4) is 0 Å². The van der Waals surface area contributed by atoms with Gasteiger partial charge in [0.15, 0.2) is 0 Å². The molecule has 0 radical (unpaired) electrons. The summed E-state index contributed by atoms with van der Waals surface area (Å²) in [6, 6.07) is 7.25. The van der Waals surface area contributed by atoms with Crippen LogP contribution in [0, 0.1) is 5.92 Å². The number of carbonyl (C=O) groups excluding carboxylic acids is 2. The SMILES string of the molecule is O=C(NC1CCCCN(Cc2cccc(Cl)c2)C1=O)C1CCCCC1. The van der Waals surface area contributed by atoms with Gasteiger partial charge in [0.05, 0.1) is 0 Å². The highest BCUT2D eigenvalue weighted by molar-refractivity contribution is 6.30. The monoisotopic (exact) mass is 362 g/mol.